The Morgan fingerprint density at radius 1 is 0.556 bits per heavy atom. The maximum Gasteiger partial charge on any atom is 0.306 e. The van der Waals surface area contributed by atoms with Crippen molar-refractivity contribution in [2.24, 2.45) is 0 Å². The van der Waals surface area contributed by atoms with Crippen molar-refractivity contribution in [1.82, 2.24) is 0 Å². The molecule has 1 atom stereocenters. The van der Waals surface area contributed by atoms with E-state index in [1.165, 1.54) is 44.9 Å². The van der Waals surface area contributed by atoms with Crippen LogP contribution in [0.3, 0.4) is 0 Å². The Bertz CT molecular complexity index is 830. The molecule has 0 aromatic carbocycles. The Morgan fingerprint density at radius 3 is 1.49 bits per heavy atom. The lowest BCUT2D eigenvalue weighted by atomic mass is 10.1. The third kappa shape index (κ3) is 35.9. The van der Waals surface area contributed by atoms with Gasteiger partial charge in [0.25, 0.3) is 0 Å². The molecule has 4 heteroatoms. The minimum absolute atomic E-state index is 0.190. The lowest BCUT2D eigenvalue weighted by Gasteiger charge is -2.15. The summed E-state index contributed by atoms with van der Waals surface area (Å²) in [5, 5.41) is 9.50. The van der Waals surface area contributed by atoms with Gasteiger partial charge in [0.2, 0.25) is 0 Å². The quantitative estimate of drug-likeness (QED) is 0.0459. The Balaban J connectivity index is 3.62. The molecule has 0 bridgehead atoms. The van der Waals surface area contributed by atoms with E-state index in [1.807, 2.05) is 0 Å². The molecule has 0 saturated carbocycles. The molecule has 0 aromatic heterocycles. The van der Waals surface area contributed by atoms with Crippen LogP contribution < -0.4 is 0 Å². The molecule has 0 saturated heterocycles. The topological polar surface area (TPSA) is 55.8 Å². The standard InChI is InChI=1S/C41H68O4/c1-3-5-7-9-11-13-14-15-16-17-18-19-20-21-22-23-24-25-26-27-28-29-30-32-34-36-41(43)45-40(38-42)39-44-37-35-33-31-12-10-8-6-4-2/h5,7,11,13,15-16,18-19,21-22,24-25,27-28,40,42H,3-4,6,8-10,12,14,17,20,23,26,29-39H2,1-2H3/b7-5-,13-11-,16-15-,19-18-,22-21-,25-24-,28-27-. The summed E-state index contributed by atoms with van der Waals surface area (Å²) in [5.74, 6) is -0.238. The van der Waals surface area contributed by atoms with Gasteiger partial charge < -0.3 is 14.6 Å². The second-order valence-corrected chi connectivity index (χ2v) is 11.6. The fraction of sp³-hybridized carbons (Fsp3) is 0.634. The Labute approximate surface area is 278 Å². The first kappa shape index (κ1) is 42.6. The van der Waals surface area contributed by atoms with Crippen LogP contribution in [0.4, 0.5) is 0 Å². The van der Waals surface area contributed by atoms with E-state index in [0.29, 0.717) is 13.0 Å². The summed E-state index contributed by atoms with van der Waals surface area (Å²) in [6.07, 6.45) is 52.0. The molecule has 0 radical (unpaired) electrons. The largest absolute Gasteiger partial charge is 0.457 e. The summed E-state index contributed by atoms with van der Waals surface area (Å²) < 4.78 is 11.0. The second-order valence-electron chi connectivity index (χ2n) is 11.6. The zero-order valence-electron chi connectivity index (χ0n) is 29.1. The fourth-order valence-corrected chi connectivity index (χ4v) is 4.54. The van der Waals surface area contributed by atoms with Crippen LogP contribution in [0, 0.1) is 0 Å². The van der Waals surface area contributed by atoms with Crippen LogP contribution in [0.5, 0.6) is 0 Å². The number of rotatable bonds is 32. The van der Waals surface area contributed by atoms with Crippen LogP contribution in [-0.2, 0) is 14.3 Å². The minimum atomic E-state index is -0.552. The second kappa shape index (κ2) is 37.8. The highest BCUT2D eigenvalue weighted by Gasteiger charge is 2.13. The molecule has 0 aliphatic heterocycles. The lowest BCUT2D eigenvalue weighted by Crippen LogP contribution is -2.27. The number of ether oxygens (including phenoxy) is 2. The van der Waals surface area contributed by atoms with Gasteiger partial charge in [0, 0.05) is 13.0 Å². The maximum atomic E-state index is 12.1. The number of unbranched alkanes of at least 4 members (excludes halogenated alkanes) is 10. The van der Waals surface area contributed by atoms with Gasteiger partial charge in [-0.2, -0.15) is 0 Å². The third-order valence-electron chi connectivity index (χ3n) is 7.23. The number of carbonyl (C=O) groups is 1. The molecule has 0 aliphatic rings. The van der Waals surface area contributed by atoms with Crippen molar-refractivity contribution in [2.75, 3.05) is 19.8 Å². The molecule has 0 spiro atoms. The zero-order valence-corrected chi connectivity index (χ0v) is 29.1. The Hall–Kier alpha value is -2.43. The van der Waals surface area contributed by atoms with Gasteiger partial charge in [0.15, 0.2) is 0 Å². The predicted molar refractivity (Wildman–Crippen MR) is 195 cm³/mol. The molecule has 0 rings (SSSR count). The van der Waals surface area contributed by atoms with E-state index >= 15 is 0 Å². The van der Waals surface area contributed by atoms with Crippen LogP contribution >= 0.6 is 0 Å². The van der Waals surface area contributed by atoms with Gasteiger partial charge in [0.05, 0.1) is 13.2 Å². The molecule has 0 aromatic rings. The average molecular weight is 625 g/mol. The number of aliphatic hydroxyl groups is 1. The van der Waals surface area contributed by atoms with E-state index in [4.69, 9.17) is 9.47 Å². The number of aliphatic hydroxyl groups excluding tert-OH is 1. The van der Waals surface area contributed by atoms with E-state index < -0.39 is 6.10 Å². The van der Waals surface area contributed by atoms with Gasteiger partial charge in [-0.25, -0.2) is 0 Å². The fourth-order valence-electron chi connectivity index (χ4n) is 4.54. The van der Waals surface area contributed by atoms with Gasteiger partial charge in [-0.05, 0) is 70.6 Å². The molecule has 0 heterocycles. The highest BCUT2D eigenvalue weighted by atomic mass is 16.6. The summed E-state index contributed by atoms with van der Waals surface area (Å²) in [4.78, 5) is 12.1. The Morgan fingerprint density at radius 2 is 1.00 bits per heavy atom. The summed E-state index contributed by atoms with van der Waals surface area (Å²) in [7, 11) is 0. The summed E-state index contributed by atoms with van der Waals surface area (Å²) in [6, 6.07) is 0. The van der Waals surface area contributed by atoms with E-state index in [0.717, 1.165) is 77.0 Å². The van der Waals surface area contributed by atoms with Crippen molar-refractivity contribution >= 4 is 5.97 Å². The SMILES string of the molecule is CC/C=C\C/C=C\C/C=C\C/C=C\C/C=C\C/C=C\C/C=C\CCCCCC(=O)OC(CO)COCCCCCCCCCC. The molecule has 1 N–H and O–H groups in total. The van der Waals surface area contributed by atoms with Crippen LogP contribution in [0.15, 0.2) is 85.1 Å². The Kier molecular flexibility index (Phi) is 35.7. The molecular formula is C41H68O4. The third-order valence-corrected chi connectivity index (χ3v) is 7.23. The molecule has 0 fully saturated rings. The molecule has 1 unspecified atom stereocenters. The van der Waals surface area contributed by atoms with Gasteiger partial charge >= 0.3 is 5.97 Å². The van der Waals surface area contributed by atoms with Crippen LogP contribution in [-0.4, -0.2) is 37.0 Å². The van der Waals surface area contributed by atoms with Gasteiger partial charge in [-0.3, -0.25) is 4.79 Å². The van der Waals surface area contributed by atoms with E-state index in [2.05, 4.69) is 98.9 Å². The van der Waals surface area contributed by atoms with Crippen molar-refractivity contribution < 1.29 is 19.4 Å². The predicted octanol–water partition coefficient (Wildman–Crippen LogP) is 11.6. The minimum Gasteiger partial charge on any atom is -0.457 e. The molecule has 256 valence electrons. The first-order valence-corrected chi connectivity index (χ1v) is 18.2. The molecule has 4 nitrogen and oxygen atoms in total. The monoisotopic (exact) mass is 625 g/mol. The van der Waals surface area contributed by atoms with Crippen molar-refractivity contribution in [2.45, 2.75) is 148 Å². The number of allylic oxidation sites excluding steroid dienone is 14. The van der Waals surface area contributed by atoms with Crippen molar-refractivity contribution in [3.8, 4) is 0 Å². The average Bonchev–Trinajstić information content (AvgIpc) is 3.05. The van der Waals surface area contributed by atoms with Crippen LogP contribution in [0.25, 0.3) is 0 Å². The highest BCUT2D eigenvalue weighted by molar-refractivity contribution is 5.69. The number of esters is 1. The van der Waals surface area contributed by atoms with Crippen molar-refractivity contribution in [3.63, 3.8) is 0 Å². The summed E-state index contributed by atoms with van der Waals surface area (Å²) in [5.41, 5.74) is 0. The highest BCUT2D eigenvalue weighted by Crippen LogP contribution is 2.09. The van der Waals surface area contributed by atoms with Crippen LogP contribution in [0.1, 0.15) is 142 Å². The number of carbonyl (C=O) groups excluding carboxylic acids is 1. The van der Waals surface area contributed by atoms with Crippen LogP contribution in [0.2, 0.25) is 0 Å². The zero-order chi connectivity index (χ0) is 32.7. The maximum absolute atomic E-state index is 12.1. The molecular weight excluding hydrogens is 556 g/mol. The van der Waals surface area contributed by atoms with E-state index in [9.17, 15) is 9.90 Å². The van der Waals surface area contributed by atoms with Gasteiger partial charge in [-0.15, -0.1) is 0 Å². The van der Waals surface area contributed by atoms with E-state index in [1.54, 1.807) is 0 Å². The first-order chi connectivity index (χ1) is 22.2. The smallest absolute Gasteiger partial charge is 0.306 e. The molecule has 0 amide bonds. The van der Waals surface area contributed by atoms with Crippen molar-refractivity contribution in [1.29, 1.82) is 0 Å². The van der Waals surface area contributed by atoms with Crippen molar-refractivity contribution in [3.05, 3.63) is 85.1 Å². The van der Waals surface area contributed by atoms with E-state index in [-0.39, 0.29) is 19.2 Å². The normalized spacial score (nSPS) is 13.4. The first-order valence-electron chi connectivity index (χ1n) is 18.2. The molecule has 0 aliphatic carbocycles. The number of hydrogen-bond acceptors (Lipinski definition) is 4. The summed E-state index contributed by atoms with van der Waals surface area (Å²) in [6.45, 7) is 5.15. The molecule has 45 heavy (non-hydrogen) atoms. The summed E-state index contributed by atoms with van der Waals surface area (Å²) >= 11 is 0. The van der Waals surface area contributed by atoms with Gasteiger partial charge in [0.1, 0.15) is 6.10 Å². The lowest BCUT2D eigenvalue weighted by molar-refractivity contribution is -0.154. The van der Waals surface area contributed by atoms with Gasteiger partial charge in [-0.1, -0.05) is 150 Å². The number of hydrogen-bond donors (Lipinski definition) is 1.